The van der Waals surface area contributed by atoms with Crippen LogP contribution in [0.1, 0.15) is 40.2 Å². The lowest BCUT2D eigenvalue weighted by Gasteiger charge is -2.36. The van der Waals surface area contributed by atoms with E-state index in [4.69, 9.17) is 4.74 Å². The Morgan fingerprint density at radius 3 is 1.44 bits per heavy atom. The number of carbonyl (C=O) groups excluding carboxylic acids is 2. The molecule has 1 aliphatic rings. The quantitative estimate of drug-likeness (QED) is 0.173. The van der Waals surface area contributed by atoms with E-state index >= 15 is 0 Å². The minimum absolute atomic E-state index is 0.106. The monoisotopic (exact) mass is 537 g/mol. The van der Waals surface area contributed by atoms with Crippen LogP contribution in [0.4, 0.5) is 0 Å². The summed E-state index contributed by atoms with van der Waals surface area (Å²) in [6, 6.07) is 45.5. The number of fused-ring (bicyclic) bond motifs is 3. The Kier molecular flexibility index (Phi) is 7.22. The Balaban J connectivity index is 1.44. The normalized spacial score (nSPS) is 13.1. The van der Waals surface area contributed by atoms with Gasteiger partial charge in [0.2, 0.25) is 5.91 Å². The van der Waals surface area contributed by atoms with Crippen molar-refractivity contribution >= 4 is 11.9 Å². The lowest BCUT2D eigenvalue weighted by molar-refractivity contribution is -0.145. The maximum Gasteiger partial charge on any atom is 0.329 e. The van der Waals surface area contributed by atoms with Crippen LogP contribution in [-0.4, -0.2) is 25.0 Å². The molecule has 0 radical (unpaired) electrons. The largest absolute Gasteiger partial charge is 0.467 e. The Bertz CT molecular complexity index is 1520. The van der Waals surface area contributed by atoms with Crippen molar-refractivity contribution < 1.29 is 14.3 Å². The lowest BCUT2D eigenvalue weighted by atomic mass is 9.67. The molecule has 0 saturated carbocycles. The minimum Gasteiger partial charge on any atom is -0.467 e. The molecule has 0 saturated heterocycles. The van der Waals surface area contributed by atoms with Gasteiger partial charge in [-0.15, -0.1) is 0 Å². The van der Waals surface area contributed by atoms with Crippen LogP contribution in [-0.2, 0) is 19.7 Å². The van der Waals surface area contributed by atoms with E-state index in [9.17, 15) is 9.59 Å². The van der Waals surface area contributed by atoms with Gasteiger partial charge in [0, 0.05) is 12.3 Å². The fourth-order valence-corrected chi connectivity index (χ4v) is 6.40. The number of hydrogen-bond acceptors (Lipinski definition) is 3. The van der Waals surface area contributed by atoms with Crippen molar-refractivity contribution in [2.75, 3.05) is 7.11 Å². The zero-order valence-electron chi connectivity index (χ0n) is 22.9. The number of benzene rings is 5. The predicted octanol–water partition coefficient (Wildman–Crippen LogP) is 6.88. The average Bonchev–Trinajstić information content (AvgIpc) is 3.37. The first-order valence-corrected chi connectivity index (χ1v) is 13.9. The highest BCUT2D eigenvalue weighted by atomic mass is 16.5. The molecule has 4 heteroatoms. The van der Waals surface area contributed by atoms with Crippen LogP contribution in [0.3, 0.4) is 0 Å². The summed E-state index contributed by atoms with van der Waals surface area (Å²) in [7, 11) is 1.37. The van der Waals surface area contributed by atoms with Gasteiger partial charge in [0.05, 0.1) is 12.5 Å². The molecule has 4 nitrogen and oxygen atoms in total. The van der Waals surface area contributed by atoms with Crippen LogP contribution >= 0.6 is 0 Å². The third-order valence-corrected chi connectivity index (χ3v) is 8.21. The first kappa shape index (κ1) is 26.3. The summed E-state index contributed by atoms with van der Waals surface area (Å²) in [6.45, 7) is 0. The summed E-state index contributed by atoms with van der Waals surface area (Å²) < 4.78 is 5.29. The van der Waals surface area contributed by atoms with Gasteiger partial charge in [-0.3, -0.25) is 4.79 Å². The standard InChI is InChI=1S/C37H31NO3/c1-41-36(40)35(34-31-23-13-11-21-29(31)30-22-12-14-24-32(30)34)38-33(39)25-37(26-15-5-2-6-16-26,27-17-7-3-8-18-27)28-19-9-4-10-20-28/h2-24,34-35H,25H2,1H3,(H,38,39)/t35-/m0/s1. The summed E-state index contributed by atoms with van der Waals surface area (Å²) in [5.41, 5.74) is 6.37. The second kappa shape index (κ2) is 11.3. The molecule has 0 aliphatic heterocycles. The molecule has 0 aromatic heterocycles. The number of carbonyl (C=O) groups is 2. The zero-order valence-corrected chi connectivity index (χ0v) is 22.9. The minimum atomic E-state index is -0.891. The second-order valence-electron chi connectivity index (χ2n) is 10.4. The van der Waals surface area contributed by atoms with Gasteiger partial charge in [0.1, 0.15) is 6.04 Å². The molecule has 5 aromatic rings. The summed E-state index contributed by atoms with van der Waals surface area (Å²) in [4.78, 5) is 27.7. The summed E-state index contributed by atoms with van der Waals surface area (Å²) in [5.74, 6) is -1.07. The molecule has 1 aliphatic carbocycles. The first-order valence-electron chi connectivity index (χ1n) is 13.9. The number of amides is 1. The maximum atomic E-state index is 14.3. The van der Waals surface area contributed by atoms with Gasteiger partial charge in [-0.25, -0.2) is 4.79 Å². The van der Waals surface area contributed by atoms with Crippen molar-refractivity contribution in [3.8, 4) is 11.1 Å². The highest BCUT2D eigenvalue weighted by Crippen LogP contribution is 2.47. The summed E-state index contributed by atoms with van der Waals surface area (Å²) in [6.07, 6.45) is 0.106. The Hall–Kier alpha value is -4.96. The van der Waals surface area contributed by atoms with E-state index in [0.29, 0.717) is 0 Å². The van der Waals surface area contributed by atoms with E-state index in [0.717, 1.165) is 38.9 Å². The molecule has 0 fully saturated rings. The fourth-order valence-electron chi connectivity index (χ4n) is 6.40. The SMILES string of the molecule is COC(=O)[C@@H](NC(=O)CC(c1ccccc1)(c1ccccc1)c1ccccc1)C1c2ccccc2-c2ccccc21. The number of nitrogens with one attached hydrogen (secondary N) is 1. The van der Waals surface area contributed by atoms with Crippen LogP contribution in [0.15, 0.2) is 140 Å². The Morgan fingerprint density at radius 1 is 0.634 bits per heavy atom. The molecule has 0 spiro atoms. The van der Waals surface area contributed by atoms with E-state index in [-0.39, 0.29) is 18.2 Å². The number of rotatable bonds is 8. The molecule has 0 bridgehead atoms. The predicted molar refractivity (Wildman–Crippen MR) is 161 cm³/mol. The van der Waals surface area contributed by atoms with Gasteiger partial charge in [-0.05, 0) is 38.9 Å². The molecular weight excluding hydrogens is 506 g/mol. The van der Waals surface area contributed by atoms with E-state index in [2.05, 4.69) is 53.8 Å². The summed E-state index contributed by atoms with van der Waals surface area (Å²) in [5, 5.41) is 3.14. The molecule has 202 valence electrons. The Morgan fingerprint density at radius 2 is 1.02 bits per heavy atom. The molecule has 6 rings (SSSR count). The van der Waals surface area contributed by atoms with Crippen molar-refractivity contribution in [1.82, 2.24) is 5.32 Å². The van der Waals surface area contributed by atoms with Gasteiger partial charge in [0.25, 0.3) is 0 Å². The fraction of sp³-hybridized carbons (Fsp3) is 0.135. The first-order chi connectivity index (χ1) is 20.1. The molecule has 1 amide bonds. The third kappa shape index (κ3) is 4.72. The number of methoxy groups -OCH3 is 1. The molecule has 1 atom stereocenters. The van der Waals surface area contributed by atoms with Gasteiger partial charge >= 0.3 is 5.97 Å². The van der Waals surface area contributed by atoms with Crippen LogP contribution in [0.5, 0.6) is 0 Å². The average molecular weight is 538 g/mol. The lowest BCUT2D eigenvalue weighted by Crippen LogP contribution is -2.47. The Labute approximate surface area is 240 Å². The highest BCUT2D eigenvalue weighted by molar-refractivity contribution is 5.90. The molecular formula is C37H31NO3. The number of esters is 1. The molecule has 41 heavy (non-hydrogen) atoms. The van der Waals surface area contributed by atoms with Crippen molar-refractivity contribution in [1.29, 1.82) is 0 Å². The zero-order chi connectivity index (χ0) is 28.2. The van der Waals surface area contributed by atoms with Crippen LogP contribution < -0.4 is 5.32 Å². The van der Waals surface area contributed by atoms with Gasteiger partial charge < -0.3 is 10.1 Å². The van der Waals surface area contributed by atoms with Crippen LogP contribution in [0.25, 0.3) is 11.1 Å². The van der Waals surface area contributed by atoms with E-state index in [1.807, 2.05) is 91.0 Å². The second-order valence-corrected chi connectivity index (χ2v) is 10.4. The van der Waals surface area contributed by atoms with E-state index in [1.165, 1.54) is 7.11 Å². The van der Waals surface area contributed by atoms with Crippen molar-refractivity contribution in [2.45, 2.75) is 23.8 Å². The number of ether oxygens (including phenoxy) is 1. The van der Waals surface area contributed by atoms with Crippen LogP contribution in [0, 0.1) is 0 Å². The number of hydrogen-bond donors (Lipinski definition) is 1. The van der Waals surface area contributed by atoms with Gasteiger partial charge in [0.15, 0.2) is 0 Å². The topological polar surface area (TPSA) is 55.4 Å². The molecule has 0 unspecified atom stereocenters. The third-order valence-electron chi connectivity index (χ3n) is 8.21. The van der Waals surface area contributed by atoms with E-state index in [1.54, 1.807) is 0 Å². The van der Waals surface area contributed by atoms with E-state index < -0.39 is 17.4 Å². The van der Waals surface area contributed by atoms with Gasteiger partial charge in [-0.2, -0.15) is 0 Å². The molecule has 5 aromatic carbocycles. The smallest absolute Gasteiger partial charge is 0.329 e. The van der Waals surface area contributed by atoms with Gasteiger partial charge in [-0.1, -0.05) is 140 Å². The summed E-state index contributed by atoms with van der Waals surface area (Å²) >= 11 is 0. The van der Waals surface area contributed by atoms with Crippen molar-refractivity contribution in [3.63, 3.8) is 0 Å². The highest BCUT2D eigenvalue weighted by Gasteiger charge is 2.42. The molecule has 1 N–H and O–H groups in total. The van der Waals surface area contributed by atoms with Crippen LogP contribution in [0.2, 0.25) is 0 Å². The molecule has 0 heterocycles. The van der Waals surface area contributed by atoms with Crippen molar-refractivity contribution in [3.05, 3.63) is 167 Å². The van der Waals surface area contributed by atoms with Crippen molar-refractivity contribution in [2.24, 2.45) is 0 Å². The maximum absolute atomic E-state index is 14.3.